The summed E-state index contributed by atoms with van der Waals surface area (Å²) in [6.07, 6.45) is 7.30. The predicted molar refractivity (Wildman–Crippen MR) is 71.6 cm³/mol. The zero-order valence-corrected chi connectivity index (χ0v) is 11.6. The number of carbonyl (C=O) groups excluding carboxylic acids is 2. The third kappa shape index (κ3) is 4.40. The number of hydrogen-bond donors (Lipinski definition) is 0. The summed E-state index contributed by atoms with van der Waals surface area (Å²) in [6.45, 7) is 0.776. The molecule has 0 saturated heterocycles. The molecular weight excluding hydrogens is 260 g/mol. The molecule has 0 radical (unpaired) electrons. The minimum Gasteiger partial charge on any atom is -0.460 e. The molecule has 1 aliphatic rings. The Hall–Kier alpha value is -1.78. The van der Waals surface area contributed by atoms with Crippen molar-refractivity contribution in [2.24, 2.45) is 0 Å². The Balaban J connectivity index is 1.96. The molecule has 0 aliphatic carbocycles. The fourth-order valence-corrected chi connectivity index (χ4v) is 2.12. The van der Waals surface area contributed by atoms with Crippen LogP contribution in [0.1, 0.15) is 66.1 Å². The van der Waals surface area contributed by atoms with Gasteiger partial charge >= 0.3 is 11.9 Å². The van der Waals surface area contributed by atoms with Gasteiger partial charge < -0.3 is 13.9 Å². The molecule has 1 aromatic rings. The van der Waals surface area contributed by atoms with Crippen LogP contribution in [-0.4, -0.2) is 25.2 Å². The molecule has 2 heterocycles. The molecule has 0 amide bonds. The summed E-state index contributed by atoms with van der Waals surface area (Å²) >= 11 is 0. The SMILES string of the molecule is O=C1OCCCCCCCCCOC(=O)c2ccc1o2. The van der Waals surface area contributed by atoms with Gasteiger partial charge in [-0.15, -0.1) is 0 Å². The molecular formula is C15H20O5. The third-order valence-electron chi connectivity index (χ3n) is 3.26. The van der Waals surface area contributed by atoms with Gasteiger partial charge in [-0.1, -0.05) is 32.1 Å². The van der Waals surface area contributed by atoms with Crippen LogP contribution in [0.4, 0.5) is 0 Å². The van der Waals surface area contributed by atoms with Crippen LogP contribution >= 0.6 is 0 Å². The van der Waals surface area contributed by atoms with Crippen LogP contribution in [0.15, 0.2) is 16.5 Å². The van der Waals surface area contributed by atoms with Crippen molar-refractivity contribution in [1.82, 2.24) is 0 Å². The van der Waals surface area contributed by atoms with Gasteiger partial charge in [-0.25, -0.2) is 9.59 Å². The second-order valence-electron chi connectivity index (χ2n) is 4.91. The molecule has 2 rings (SSSR count). The molecule has 1 aliphatic heterocycles. The maximum Gasteiger partial charge on any atom is 0.374 e. The first-order valence-electron chi connectivity index (χ1n) is 7.21. The highest BCUT2D eigenvalue weighted by Gasteiger charge is 2.17. The van der Waals surface area contributed by atoms with Gasteiger partial charge in [0, 0.05) is 0 Å². The van der Waals surface area contributed by atoms with Crippen molar-refractivity contribution in [3.63, 3.8) is 0 Å². The van der Waals surface area contributed by atoms with Gasteiger partial charge in [-0.2, -0.15) is 0 Å². The number of hydrogen-bond acceptors (Lipinski definition) is 5. The van der Waals surface area contributed by atoms with Crippen LogP contribution in [0, 0.1) is 0 Å². The average Bonchev–Trinajstić information content (AvgIpc) is 2.93. The summed E-state index contributed by atoms with van der Waals surface area (Å²) in [5.74, 6) is -0.972. The first-order chi connectivity index (χ1) is 9.77. The maximum absolute atomic E-state index is 11.7. The zero-order chi connectivity index (χ0) is 14.2. The minimum absolute atomic E-state index is 0.0454. The molecule has 0 unspecified atom stereocenters. The smallest absolute Gasteiger partial charge is 0.374 e. The van der Waals surface area contributed by atoms with Crippen molar-refractivity contribution < 1.29 is 23.5 Å². The lowest BCUT2D eigenvalue weighted by Gasteiger charge is -2.05. The molecule has 0 atom stereocenters. The number of furan rings is 1. The largest absolute Gasteiger partial charge is 0.460 e. The van der Waals surface area contributed by atoms with Crippen LogP contribution in [-0.2, 0) is 9.47 Å². The summed E-state index contributed by atoms with van der Waals surface area (Å²) in [6, 6.07) is 2.88. The molecule has 5 heteroatoms. The highest BCUT2D eigenvalue weighted by atomic mass is 16.6. The Morgan fingerprint density at radius 2 is 1.05 bits per heavy atom. The molecule has 1 aromatic heterocycles. The molecule has 2 bridgehead atoms. The van der Waals surface area contributed by atoms with Crippen LogP contribution in [0.25, 0.3) is 0 Å². The summed E-state index contributed by atoms with van der Waals surface area (Å²) in [5, 5.41) is 0. The first kappa shape index (κ1) is 14.6. The third-order valence-corrected chi connectivity index (χ3v) is 3.26. The summed E-state index contributed by atoms with van der Waals surface area (Å²) in [4.78, 5) is 23.3. The van der Waals surface area contributed by atoms with E-state index in [9.17, 15) is 9.59 Å². The lowest BCUT2D eigenvalue weighted by atomic mass is 10.1. The zero-order valence-electron chi connectivity index (χ0n) is 11.6. The van der Waals surface area contributed by atoms with E-state index in [0.717, 1.165) is 38.5 Å². The second-order valence-corrected chi connectivity index (χ2v) is 4.91. The first-order valence-corrected chi connectivity index (χ1v) is 7.21. The Labute approximate surface area is 118 Å². The molecule has 5 nitrogen and oxygen atoms in total. The highest BCUT2D eigenvalue weighted by molar-refractivity contribution is 5.90. The number of rotatable bonds is 0. The van der Waals surface area contributed by atoms with Crippen molar-refractivity contribution >= 4 is 11.9 Å². The Morgan fingerprint density at radius 3 is 1.50 bits per heavy atom. The van der Waals surface area contributed by atoms with Gasteiger partial charge in [0.05, 0.1) is 13.2 Å². The monoisotopic (exact) mass is 280 g/mol. The molecule has 0 aromatic carbocycles. The fraction of sp³-hybridized carbons (Fsp3) is 0.600. The van der Waals surface area contributed by atoms with Gasteiger partial charge in [0.2, 0.25) is 11.5 Å². The van der Waals surface area contributed by atoms with E-state index in [1.807, 2.05) is 0 Å². The average molecular weight is 280 g/mol. The molecule has 20 heavy (non-hydrogen) atoms. The van der Waals surface area contributed by atoms with E-state index in [0.29, 0.717) is 13.2 Å². The van der Waals surface area contributed by atoms with Crippen molar-refractivity contribution in [2.45, 2.75) is 44.9 Å². The number of ether oxygens (including phenoxy) is 2. The predicted octanol–water partition coefficient (Wildman–Crippen LogP) is 3.34. The highest BCUT2D eigenvalue weighted by Crippen LogP contribution is 2.13. The van der Waals surface area contributed by atoms with Crippen molar-refractivity contribution in [3.8, 4) is 0 Å². The van der Waals surface area contributed by atoms with Crippen molar-refractivity contribution in [2.75, 3.05) is 13.2 Å². The summed E-state index contributed by atoms with van der Waals surface area (Å²) in [7, 11) is 0. The Bertz CT molecular complexity index is 410. The van der Waals surface area contributed by atoms with Crippen molar-refractivity contribution in [1.29, 1.82) is 0 Å². The van der Waals surface area contributed by atoms with Crippen LogP contribution < -0.4 is 0 Å². The molecule has 0 spiro atoms. The van der Waals surface area contributed by atoms with Gasteiger partial charge in [-0.3, -0.25) is 0 Å². The molecule has 0 N–H and O–H groups in total. The lowest BCUT2D eigenvalue weighted by Crippen LogP contribution is -2.07. The van der Waals surface area contributed by atoms with Gasteiger partial charge in [0.15, 0.2) is 0 Å². The standard InChI is InChI=1S/C15H20O5/c16-14-12-8-9-13(20-12)15(17)19-11-7-5-3-1-2-4-6-10-18-14/h8-9H,1-7,10-11H2. The fourth-order valence-electron chi connectivity index (χ4n) is 2.12. The van der Waals surface area contributed by atoms with E-state index in [1.54, 1.807) is 0 Å². The topological polar surface area (TPSA) is 65.7 Å². The minimum atomic E-state index is -0.531. The van der Waals surface area contributed by atoms with Crippen LogP contribution in [0.5, 0.6) is 0 Å². The molecule has 0 saturated carbocycles. The number of carbonyl (C=O) groups is 2. The van der Waals surface area contributed by atoms with Crippen LogP contribution in [0.3, 0.4) is 0 Å². The summed E-state index contributed by atoms with van der Waals surface area (Å²) < 4.78 is 15.3. The van der Waals surface area contributed by atoms with Gasteiger partial charge in [0.1, 0.15) is 0 Å². The number of fused-ring (bicyclic) bond motifs is 2. The maximum atomic E-state index is 11.7. The quantitative estimate of drug-likeness (QED) is 0.682. The summed E-state index contributed by atoms with van der Waals surface area (Å²) in [5.41, 5.74) is 0. The van der Waals surface area contributed by atoms with E-state index < -0.39 is 11.9 Å². The lowest BCUT2D eigenvalue weighted by molar-refractivity contribution is 0.0425. The Morgan fingerprint density at radius 1 is 0.650 bits per heavy atom. The second kappa shape index (κ2) is 7.72. The van der Waals surface area contributed by atoms with E-state index in [1.165, 1.54) is 18.6 Å². The molecule has 110 valence electrons. The van der Waals surface area contributed by atoms with Crippen molar-refractivity contribution in [3.05, 3.63) is 23.7 Å². The van der Waals surface area contributed by atoms with E-state index in [4.69, 9.17) is 13.9 Å². The van der Waals surface area contributed by atoms with E-state index >= 15 is 0 Å². The molecule has 0 fully saturated rings. The van der Waals surface area contributed by atoms with Crippen LogP contribution in [0.2, 0.25) is 0 Å². The number of esters is 2. The normalized spacial score (nSPS) is 19.2. The number of cyclic esters (lactones) is 2. The van der Waals surface area contributed by atoms with E-state index in [2.05, 4.69) is 0 Å². The Kier molecular flexibility index (Phi) is 5.65. The van der Waals surface area contributed by atoms with Gasteiger partial charge in [0.25, 0.3) is 0 Å². The van der Waals surface area contributed by atoms with E-state index in [-0.39, 0.29) is 11.5 Å². The van der Waals surface area contributed by atoms with Gasteiger partial charge in [-0.05, 0) is 25.0 Å².